The highest BCUT2D eigenvalue weighted by Gasteiger charge is 2.44. The van der Waals surface area contributed by atoms with Crippen LogP contribution in [0.5, 0.6) is 0 Å². The van der Waals surface area contributed by atoms with Crippen molar-refractivity contribution in [2.75, 3.05) is 13.7 Å². The van der Waals surface area contributed by atoms with Crippen LogP contribution in [0.1, 0.15) is 42.5 Å². The number of para-hydroxylation sites is 1. The van der Waals surface area contributed by atoms with Gasteiger partial charge in [0.2, 0.25) is 0 Å². The molecule has 4 rings (SSSR count). The molecule has 1 N–H and O–H groups in total. The van der Waals surface area contributed by atoms with Gasteiger partial charge in [0.05, 0.1) is 41.3 Å². The van der Waals surface area contributed by atoms with E-state index in [4.69, 9.17) is 9.47 Å². The zero-order chi connectivity index (χ0) is 26.9. The van der Waals surface area contributed by atoms with E-state index in [1.165, 1.54) is 30.8 Å². The average molecular weight is 507 g/mol. The zero-order valence-corrected chi connectivity index (χ0v) is 20.5. The van der Waals surface area contributed by atoms with Crippen LogP contribution in [-0.2, 0) is 37.8 Å². The number of nitro groups is 1. The maximum Gasteiger partial charge on any atom is 0.330 e. The summed E-state index contributed by atoms with van der Waals surface area (Å²) in [5.74, 6) is -0.570. The van der Waals surface area contributed by atoms with E-state index in [-0.39, 0.29) is 49.4 Å². The molecule has 1 atom stereocenters. The number of carbonyl (C=O) groups is 2. The average Bonchev–Trinajstić information content (AvgIpc) is 3.26. The van der Waals surface area contributed by atoms with E-state index in [1.54, 1.807) is 31.2 Å². The van der Waals surface area contributed by atoms with Crippen molar-refractivity contribution in [1.29, 1.82) is 0 Å². The van der Waals surface area contributed by atoms with Crippen LogP contribution in [0.2, 0.25) is 0 Å². The van der Waals surface area contributed by atoms with E-state index in [0.717, 1.165) is 0 Å². The molecule has 192 valence electrons. The maximum atomic E-state index is 13.7. The van der Waals surface area contributed by atoms with Crippen molar-refractivity contribution in [2.45, 2.75) is 39.0 Å². The van der Waals surface area contributed by atoms with E-state index in [0.29, 0.717) is 22.0 Å². The summed E-state index contributed by atoms with van der Waals surface area (Å²) in [5, 5.41) is 24.3. The Hall–Kier alpha value is -4.22. The number of nitrogens with zero attached hydrogens (tertiary/aromatic N) is 3. The zero-order valence-electron chi connectivity index (χ0n) is 20.5. The van der Waals surface area contributed by atoms with E-state index in [9.17, 15) is 29.6 Å². The van der Waals surface area contributed by atoms with Crippen molar-refractivity contribution in [3.63, 3.8) is 0 Å². The van der Waals surface area contributed by atoms with E-state index < -0.39 is 33.3 Å². The highest BCUT2D eigenvalue weighted by Crippen LogP contribution is 2.45. The molecule has 0 fully saturated rings. The van der Waals surface area contributed by atoms with Gasteiger partial charge < -0.3 is 14.6 Å². The van der Waals surface area contributed by atoms with Gasteiger partial charge in [0.25, 0.3) is 5.56 Å². The number of hydrogen-bond acceptors (Lipinski definition) is 9. The summed E-state index contributed by atoms with van der Waals surface area (Å²) < 4.78 is 11.3. The molecule has 1 aliphatic rings. The number of hydrogen-bond donors (Lipinski definition) is 1. The van der Waals surface area contributed by atoms with Crippen LogP contribution in [0.25, 0.3) is 28.4 Å². The molecule has 1 aliphatic heterocycles. The molecule has 0 bridgehead atoms. The Labute approximate surface area is 211 Å². The van der Waals surface area contributed by atoms with Crippen LogP contribution in [0, 0.1) is 10.1 Å². The Morgan fingerprint density at radius 2 is 2.05 bits per heavy atom. The largest absolute Gasteiger partial charge is 0.463 e. The fraction of sp³-hybridized carbons (Fsp3) is 0.308. The summed E-state index contributed by atoms with van der Waals surface area (Å²) >= 11 is 0. The number of esters is 1. The predicted octanol–water partition coefficient (Wildman–Crippen LogP) is 2.85. The van der Waals surface area contributed by atoms with Crippen molar-refractivity contribution >= 4 is 34.9 Å². The number of fused-ring (bicyclic) bond motifs is 4. The summed E-state index contributed by atoms with van der Waals surface area (Å²) in [7, 11) is 1.31. The van der Waals surface area contributed by atoms with Crippen molar-refractivity contribution in [3.8, 4) is 11.4 Å². The number of methoxy groups -OCH3 is 1. The molecule has 37 heavy (non-hydrogen) atoms. The van der Waals surface area contributed by atoms with E-state index in [1.807, 2.05) is 0 Å². The predicted molar refractivity (Wildman–Crippen MR) is 134 cm³/mol. The van der Waals surface area contributed by atoms with E-state index >= 15 is 0 Å². The van der Waals surface area contributed by atoms with Gasteiger partial charge in [0.15, 0.2) is 11.9 Å². The Bertz CT molecular complexity index is 1520. The number of rotatable bonds is 9. The fourth-order valence-electron chi connectivity index (χ4n) is 4.72. The summed E-state index contributed by atoms with van der Waals surface area (Å²) in [6.45, 7) is 2.92. The smallest absolute Gasteiger partial charge is 0.330 e. The molecule has 11 nitrogen and oxygen atoms in total. The molecule has 0 aliphatic carbocycles. The first-order valence-electron chi connectivity index (χ1n) is 11.6. The van der Waals surface area contributed by atoms with Gasteiger partial charge in [0.1, 0.15) is 11.4 Å². The standard InChI is InChI=1S/C26H25N3O8/c1-4-26(33,14-30)21-18(13-36-3)25(32)28-12-17-15(10-11-20(31)37-5-2)16-8-6-7-9-19(16)27-22(17)24(28)23(21)29(34)35/h6-11,14,33H,4-5,12-13H2,1-3H3/b11-10+/t26-/m1/s1. The van der Waals surface area contributed by atoms with Gasteiger partial charge in [-0.2, -0.15) is 0 Å². The molecule has 11 heteroatoms. The van der Waals surface area contributed by atoms with Crippen LogP contribution in [0.3, 0.4) is 0 Å². The summed E-state index contributed by atoms with van der Waals surface area (Å²) in [6.07, 6.45) is 2.77. The summed E-state index contributed by atoms with van der Waals surface area (Å²) in [6, 6.07) is 7.02. The summed E-state index contributed by atoms with van der Waals surface area (Å²) in [4.78, 5) is 54.1. The van der Waals surface area contributed by atoms with Gasteiger partial charge in [-0.15, -0.1) is 0 Å². The highest BCUT2D eigenvalue weighted by molar-refractivity contribution is 5.97. The SMILES string of the molecule is CCOC(=O)/C=C/c1c2c(nc3ccccc13)-c1c([N+](=O)[O-])c([C@](O)(C=O)CC)c(COC)c(=O)n1C2. The number of carbonyl (C=O) groups excluding carboxylic acids is 2. The number of aldehydes is 1. The molecule has 0 unspecified atom stereocenters. The van der Waals surface area contributed by atoms with Crippen molar-refractivity contribution in [3.05, 3.63) is 73.1 Å². The molecule has 0 spiro atoms. The molecule has 0 radical (unpaired) electrons. The third-order valence-electron chi connectivity index (χ3n) is 6.42. The van der Waals surface area contributed by atoms with Gasteiger partial charge in [-0.1, -0.05) is 25.1 Å². The lowest BCUT2D eigenvalue weighted by Gasteiger charge is -2.24. The minimum absolute atomic E-state index is 0.0761. The van der Waals surface area contributed by atoms with Crippen LogP contribution >= 0.6 is 0 Å². The number of aromatic nitrogens is 2. The molecule has 1 aromatic carbocycles. The Morgan fingerprint density at radius 1 is 1.32 bits per heavy atom. The van der Waals surface area contributed by atoms with Gasteiger partial charge in [-0.25, -0.2) is 9.78 Å². The Morgan fingerprint density at radius 3 is 2.68 bits per heavy atom. The molecule has 3 aromatic rings. The topological polar surface area (TPSA) is 151 Å². The highest BCUT2D eigenvalue weighted by atomic mass is 16.6. The first kappa shape index (κ1) is 25.9. The van der Waals surface area contributed by atoms with Crippen LogP contribution < -0.4 is 5.56 Å². The van der Waals surface area contributed by atoms with Crippen molar-refractivity contribution in [2.24, 2.45) is 0 Å². The second-order valence-corrected chi connectivity index (χ2v) is 8.48. The molecule has 3 heterocycles. The van der Waals surface area contributed by atoms with Crippen molar-refractivity contribution < 1.29 is 29.1 Å². The lowest BCUT2D eigenvalue weighted by molar-refractivity contribution is -0.386. The Balaban J connectivity index is 2.14. The quantitative estimate of drug-likeness (QED) is 0.119. The third-order valence-corrected chi connectivity index (χ3v) is 6.42. The first-order chi connectivity index (χ1) is 17.7. The number of ether oxygens (including phenoxy) is 2. The molecule has 2 aromatic heterocycles. The van der Waals surface area contributed by atoms with Gasteiger partial charge >= 0.3 is 11.7 Å². The van der Waals surface area contributed by atoms with Gasteiger partial charge in [-0.3, -0.25) is 24.3 Å². The first-order valence-corrected chi connectivity index (χ1v) is 11.6. The van der Waals surface area contributed by atoms with Crippen LogP contribution in [0.15, 0.2) is 35.1 Å². The maximum absolute atomic E-state index is 13.7. The second-order valence-electron chi connectivity index (χ2n) is 8.48. The lowest BCUT2D eigenvalue weighted by atomic mass is 9.87. The second kappa shape index (κ2) is 10.0. The number of benzene rings is 1. The van der Waals surface area contributed by atoms with Gasteiger partial charge in [-0.05, 0) is 31.1 Å². The molecular formula is C26H25N3O8. The van der Waals surface area contributed by atoms with Crippen molar-refractivity contribution in [1.82, 2.24) is 9.55 Å². The molecule has 0 saturated heterocycles. The lowest BCUT2D eigenvalue weighted by Crippen LogP contribution is -2.35. The fourth-order valence-corrected chi connectivity index (χ4v) is 4.72. The monoisotopic (exact) mass is 507 g/mol. The van der Waals surface area contributed by atoms with Crippen LogP contribution in [-0.4, -0.2) is 45.6 Å². The van der Waals surface area contributed by atoms with E-state index in [2.05, 4.69) is 4.98 Å². The van der Waals surface area contributed by atoms with Crippen LogP contribution in [0.4, 0.5) is 5.69 Å². The normalized spacial score (nSPS) is 13.8. The molecule has 0 saturated carbocycles. The number of pyridine rings is 2. The molecular weight excluding hydrogens is 482 g/mol. The minimum atomic E-state index is -2.29. The summed E-state index contributed by atoms with van der Waals surface area (Å²) in [5.41, 5.74) is -2.59. The Kier molecular flexibility index (Phi) is 7.01. The van der Waals surface area contributed by atoms with Gasteiger partial charge in [0, 0.05) is 24.1 Å². The third kappa shape index (κ3) is 4.21. The number of aliphatic hydroxyl groups is 1. The minimum Gasteiger partial charge on any atom is -0.463 e. The molecule has 0 amide bonds.